The predicted octanol–water partition coefficient (Wildman–Crippen LogP) is 20.1. The van der Waals surface area contributed by atoms with Crippen LogP contribution in [0.4, 0.5) is 17.6 Å². The molecule has 0 spiro atoms. The zero-order chi connectivity index (χ0) is 71.6. The SMILES string of the molecule is CCC(C)(C)C(=O)OC1(C)CCCC1.CCC(C)(C)C(=O)OC12CC3CC(C1)CC(C(=O)OC(CS(=O)(=O)[O-])C(F)(F)F)(C3)C2.CCC(C)(C)C(=O)Oc1ccc(OC2(C)CCCC2)c(F)c1.CCC(C)c1ccc(O)cc1.c1ccc(-[s+]2c3ccccc3c3ccccc32)cc1. The van der Waals surface area contributed by atoms with Gasteiger partial charge in [-0.1, -0.05) is 89.2 Å². The number of rotatable bonds is 18. The van der Waals surface area contributed by atoms with Gasteiger partial charge in [-0.15, -0.1) is 0 Å². The van der Waals surface area contributed by atoms with Crippen LogP contribution in [0, 0.1) is 39.3 Å². The maximum absolute atomic E-state index is 14.2. The van der Waals surface area contributed by atoms with Crippen molar-refractivity contribution in [2.75, 3.05) is 5.75 Å². The Morgan fingerprint density at radius 2 is 1.11 bits per heavy atom. The van der Waals surface area contributed by atoms with Gasteiger partial charge in [-0.05, 0) is 249 Å². The number of fused-ring (bicyclic) bond motifs is 3. The molecule has 0 radical (unpaired) electrons. The number of hydrogen-bond donors (Lipinski definition) is 1. The first kappa shape index (κ1) is 77.8. The van der Waals surface area contributed by atoms with Crippen LogP contribution in [0.15, 0.2) is 121 Å². The Labute approximate surface area is 574 Å². The van der Waals surface area contributed by atoms with Crippen LogP contribution in [0.25, 0.3) is 25.1 Å². The lowest BCUT2D eigenvalue weighted by Gasteiger charge is -2.60. The first-order chi connectivity index (χ1) is 45.3. The molecule has 6 aromatic rings. The summed E-state index contributed by atoms with van der Waals surface area (Å²) < 4.78 is 117. The molecule has 6 saturated carbocycles. The molecule has 6 aliphatic carbocycles. The van der Waals surface area contributed by atoms with Gasteiger partial charge in [0.2, 0.25) is 6.10 Å². The van der Waals surface area contributed by atoms with E-state index in [-0.39, 0.29) is 68.8 Å². The normalized spacial score (nSPS) is 21.4. The Bertz CT molecular complexity index is 3680. The molecular weight excluding hydrogens is 1280 g/mol. The number of ether oxygens (including phenoxy) is 5. The number of benzene rings is 5. The molecule has 97 heavy (non-hydrogen) atoms. The molecule has 532 valence electrons. The molecular formula is C78H102F4O13S2. The average Bonchev–Trinajstić information content (AvgIpc) is 1.76. The van der Waals surface area contributed by atoms with Gasteiger partial charge in [0, 0.05) is 33.7 Å². The quantitative estimate of drug-likeness (QED) is 0.0214. The van der Waals surface area contributed by atoms with E-state index in [2.05, 4.69) is 104 Å². The predicted molar refractivity (Wildman–Crippen MR) is 373 cm³/mol. The fraction of sp³-hybridized carbons (Fsp3) is 0.564. The maximum Gasteiger partial charge on any atom is 0.426 e. The Morgan fingerprint density at radius 1 is 0.639 bits per heavy atom. The summed E-state index contributed by atoms with van der Waals surface area (Å²) in [5.74, 6) is -2.95. The second kappa shape index (κ2) is 31.7. The molecule has 1 heterocycles. The standard InChI is InChI=1S/C20H29F3O7S.C18H25FO3.C18H13S.C12H22O2.C10H14O/c1-4-17(2,3)15(24)30-19-8-12-5-13(9-19)7-18(6-12,11-19)16(25)29-14(20(21,22)23)10-31(26,27)28;1-5-17(2,3)16(20)21-13-8-9-15(14(19)12-13)22-18(4)10-6-7-11-18;1-2-8-14(9-3-1)19-17-12-6-4-10-15(17)16-11-5-7-13-18(16)19;1-5-11(2,3)10(13)14-12(4)8-6-7-9-12;1-3-8(2)9-4-6-10(11)7-5-9/h12-14H,4-11H2,1-3H3,(H,26,27,28);8-9,12H,5-7,10-11H2,1-4H3;1-13H;5-9H2,1-4H3;4-8,11H,3H2,1-2H3/q;;+1;;/p-1. The van der Waals surface area contributed by atoms with Crippen molar-refractivity contribution in [2.24, 2.45) is 33.5 Å². The van der Waals surface area contributed by atoms with Gasteiger partial charge in [0.25, 0.3) is 0 Å². The third kappa shape index (κ3) is 20.3. The number of hydrogen-bond acceptors (Lipinski definition) is 13. The van der Waals surface area contributed by atoms with Gasteiger partial charge < -0.3 is 33.3 Å². The van der Waals surface area contributed by atoms with Crippen molar-refractivity contribution in [3.63, 3.8) is 0 Å². The number of carbonyl (C=O) groups excluding carboxylic acids is 4. The Hall–Kier alpha value is -6.57. The van der Waals surface area contributed by atoms with E-state index >= 15 is 0 Å². The summed E-state index contributed by atoms with van der Waals surface area (Å²) in [5, 5.41) is 11.8. The Morgan fingerprint density at radius 3 is 1.59 bits per heavy atom. The van der Waals surface area contributed by atoms with Crippen molar-refractivity contribution in [1.29, 1.82) is 0 Å². The van der Waals surface area contributed by atoms with Crippen molar-refractivity contribution in [3.8, 4) is 22.1 Å². The molecule has 1 aromatic heterocycles. The summed E-state index contributed by atoms with van der Waals surface area (Å²) in [6.45, 7) is 25.2. The minimum absolute atomic E-state index is 0.00100. The molecule has 4 atom stereocenters. The second-order valence-electron chi connectivity index (χ2n) is 30.0. The molecule has 0 saturated heterocycles. The number of thiophene rings is 1. The van der Waals surface area contributed by atoms with Crippen LogP contribution in [0.1, 0.15) is 217 Å². The van der Waals surface area contributed by atoms with Gasteiger partial charge in [-0.3, -0.25) is 19.2 Å². The molecule has 5 aromatic carbocycles. The molecule has 1 N–H and O–H groups in total. The molecule has 4 unspecified atom stereocenters. The highest BCUT2D eigenvalue weighted by atomic mass is 32.2. The van der Waals surface area contributed by atoms with Gasteiger partial charge >= 0.3 is 30.1 Å². The Balaban J connectivity index is 0.000000178. The van der Waals surface area contributed by atoms with Crippen molar-refractivity contribution in [3.05, 3.63) is 133 Å². The number of esters is 4. The number of aromatic hydroxyl groups is 1. The van der Waals surface area contributed by atoms with Crippen molar-refractivity contribution in [2.45, 2.75) is 241 Å². The zero-order valence-electron chi connectivity index (χ0n) is 59.0. The van der Waals surface area contributed by atoms with E-state index in [1.165, 1.54) is 49.5 Å². The van der Waals surface area contributed by atoms with Gasteiger partial charge in [0.1, 0.15) is 28.3 Å². The monoisotopic (exact) mass is 1390 g/mol. The minimum Gasteiger partial charge on any atom is -0.748 e. The summed E-state index contributed by atoms with van der Waals surface area (Å²) in [5.41, 5.74) is -3.03. The van der Waals surface area contributed by atoms with E-state index in [4.69, 9.17) is 24.1 Å². The summed E-state index contributed by atoms with van der Waals surface area (Å²) >= 11 is 0. The van der Waals surface area contributed by atoms with Gasteiger partial charge in [-0.25, -0.2) is 12.8 Å². The van der Waals surface area contributed by atoms with Crippen molar-refractivity contribution in [1.82, 2.24) is 0 Å². The van der Waals surface area contributed by atoms with E-state index in [9.17, 15) is 49.7 Å². The van der Waals surface area contributed by atoms with E-state index in [1.54, 1.807) is 38.1 Å². The lowest BCUT2D eigenvalue weighted by atomic mass is 9.48. The van der Waals surface area contributed by atoms with Crippen molar-refractivity contribution < 1.29 is 78.5 Å². The summed E-state index contributed by atoms with van der Waals surface area (Å²) in [4.78, 5) is 50.9. The number of alkyl halides is 3. The average molecular weight is 1390 g/mol. The van der Waals surface area contributed by atoms with Gasteiger partial charge in [0.05, 0.1) is 37.5 Å². The molecule has 0 amide bonds. The van der Waals surface area contributed by atoms with Crippen molar-refractivity contribution >= 4 is 64.6 Å². The smallest absolute Gasteiger partial charge is 0.426 e. The van der Waals surface area contributed by atoms with Crippen LogP contribution < -0.4 is 9.47 Å². The largest absolute Gasteiger partial charge is 0.748 e. The number of carbonyl (C=O) groups is 4. The first-order valence-electron chi connectivity index (χ1n) is 34.5. The van der Waals surface area contributed by atoms with Crippen LogP contribution in [0.5, 0.6) is 17.2 Å². The first-order valence-corrected chi connectivity index (χ1v) is 37.3. The highest BCUT2D eigenvalue weighted by molar-refractivity contribution is 7.85. The number of phenols is 1. The summed E-state index contributed by atoms with van der Waals surface area (Å²) in [6, 6.07) is 40.2. The lowest BCUT2D eigenvalue weighted by Crippen LogP contribution is -2.61. The highest BCUT2D eigenvalue weighted by Gasteiger charge is 2.64. The van der Waals surface area contributed by atoms with Crippen LogP contribution in [0.2, 0.25) is 0 Å². The van der Waals surface area contributed by atoms with E-state index in [0.29, 0.717) is 50.2 Å². The lowest BCUT2D eigenvalue weighted by molar-refractivity contribution is -0.239. The van der Waals surface area contributed by atoms with Crippen LogP contribution in [-0.4, -0.2) is 76.8 Å². The summed E-state index contributed by atoms with van der Waals surface area (Å²) in [6.07, 6.45) is 6.03. The van der Waals surface area contributed by atoms with E-state index in [0.717, 1.165) is 57.8 Å². The fourth-order valence-corrected chi connectivity index (χ4v) is 16.6. The maximum atomic E-state index is 14.2. The number of halogens is 4. The molecule has 0 aliphatic heterocycles. The minimum atomic E-state index is -5.27. The molecule has 13 nitrogen and oxygen atoms in total. The molecule has 6 aliphatic rings. The van der Waals surface area contributed by atoms with E-state index in [1.807, 2.05) is 67.5 Å². The molecule has 4 bridgehead atoms. The van der Waals surface area contributed by atoms with E-state index < -0.39 is 67.8 Å². The third-order valence-corrected chi connectivity index (χ3v) is 23.8. The zero-order valence-corrected chi connectivity index (χ0v) is 60.6. The second-order valence-corrected chi connectivity index (χ2v) is 33.4. The number of phenolic OH excluding ortho intramolecular Hbond substituents is 1. The van der Waals surface area contributed by atoms with Gasteiger partial charge in [-0.2, -0.15) is 13.2 Å². The third-order valence-electron chi connectivity index (χ3n) is 20.7. The Kier molecular flexibility index (Phi) is 25.5. The topological polar surface area (TPSA) is 192 Å². The highest BCUT2D eigenvalue weighted by Crippen LogP contribution is 2.64. The van der Waals surface area contributed by atoms with Gasteiger partial charge in [0.15, 0.2) is 25.9 Å². The van der Waals surface area contributed by atoms with Crippen LogP contribution in [-0.2, 0) is 43.5 Å². The summed E-state index contributed by atoms with van der Waals surface area (Å²) in [7, 11) is -5.21. The molecule has 19 heteroatoms. The molecule has 12 rings (SSSR count). The fourth-order valence-electron chi connectivity index (χ4n) is 13.6. The molecule has 6 fully saturated rings. The van der Waals surface area contributed by atoms with Crippen LogP contribution in [0.3, 0.4) is 0 Å². The van der Waals surface area contributed by atoms with Crippen LogP contribution >= 0.6 is 10.5 Å².